The normalized spacial score (nSPS) is 15.3. The maximum absolute atomic E-state index is 12.8. The number of ether oxygens (including phenoxy) is 1. The Morgan fingerprint density at radius 1 is 0.886 bits per heavy atom. The highest BCUT2D eigenvalue weighted by Crippen LogP contribution is 2.30. The fraction of sp³-hybridized carbons (Fsp3) is 0.333. The van der Waals surface area contributed by atoms with Crippen molar-refractivity contribution in [2.24, 2.45) is 0 Å². The molecule has 0 amide bonds. The van der Waals surface area contributed by atoms with Crippen LogP contribution in [0.4, 0.5) is 0 Å². The molecule has 0 unspecified atom stereocenters. The van der Waals surface area contributed by atoms with Gasteiger partial charge in [0.2, 0.25) is 0 Å². The molecule has 1 aliphatic rings. The quantitative estimate of drug-likeness (QED) is 0.417. The van der Waals surface area contributed by atoms with Crippen LogP contribution < -0.4 is 0 Å². The van der Waals surface area contributed by atoms with Crippen LogP contribution >= 0.6 is 0 Å². The van der Waals surface area contributed by atoms with E-state index in [-0.39, 0.29) is 18.0 Å². The molecule has 1 heterocycles. The third kappa shape index (κ3) is 6.05. The fourth-order valence-corrected chi connectivity index (χ4v) is 4.49. The minimum absolute atomic E-state index is 0.0514. The number of ketones is 1. The summed E-state index contributed by atoms with van der Waals surface area (Å²) in [5.74, 6) is -0.834. The van der Waals surface area contributed by atoms with Crippen molar-refractivity contribution in [1.82, 2.24) is 4.90 Å². The zero-order chi connectivity index (χ0) is 24.8. The summed E-state index contributed by atoms with van der Waals surface area (Å²) in [7, 11) is 0. The number of aliphatic carboxylic acids is 1. The van der Waals surface area contributed by atoms with Gasteiger partial charge in [0.05, 0.1) is 18.1 Å². The van der Waals surface area contributed by atoms with E-state index in [0.717, 1.165) is 37.1 Å². The predicted molar refractivity (Wildman–Crippen MR) is 137 cm³/mol. The molecule has 0 atom stereocenters. The molecule has 1 N–H and O–H groups in total. The average Bonchev–Trinajstić information content (AvgIpc) is 2.89. The van der Waals surface area contributed by atoms with E-state index in [0.29, 0.717) is 17.7 Å². The zero-order valence-electron chi connectivity index (χ0n) is 20.4. The second-order valence-corrected chi connectivity index (χ2v) is 9.74. The van der Waals surface area contributed by atoms with E-state index >= 15 is 0 Å². The third-order valence-corrected chi connectivity index (χ3v) is 6.90. The van der Waals surface area contributed by atoms with Gasteiger partial charge in [0.25, 0.3) is 0 Å². The minimum atomic E-state index is -0.985. The number of likely N-dealkylation sites (tertiary alicyclic amines) is 1. The molecule has 0 aliphatic carbocycles. The van der Waals surface area contributed by atoms with Gasteiger partial charge in [-0.05, 0) is 43.4 Å². The number of benzene rings is 3. The lowest BCUT2D eigenvalue weighted by Crippen LogP contribution is -2.40. The number of Topliss-reactive ketones (excluding diaryl/α,β-unsaturated/α-hetero) is 1. The van der Waals surface area contributed by atoms with Gasteiger partial charge in [0.1, 0.15) is 6.10 Å². The van der Waals surface area contributed by atoms with E-state index < -0.39 is 11.4 Å². The number of carbonyl (C=O) groups is 2. The number of hydrogen-bond acceptors (Lipinski definition) is 4. The molecular weight excluding hydrogens is 438 g/mol. The summed E-state index contributed by atoms with van der Waals surface area (Å²) in [4.78, 5) is 26.5. The van der Waals surface area contributed by atoms with Crippen LogP contribution in [0, 0.1) is 0 Å². The molecule has 1 fully saturated rings. The lowest BCUT2D eigenvalue weighted by Gasteiger charge is -2.34. The van der Waals surface area contributed by atoms with Gasteiger partial charge >= 0.3 is 5.97 Å². The van der Waals surface area contributed by atoms with Gasteiger partial charge in [-0.1, -0.05) is 84.9 Å². The molecule has 5 nitrogen and oxygen atoms in total. The number of rotatable bonds is 9. The highest BCUT2D eigenvalue weighted by atomic mass is 16.5. The Balaban J connectivity index is 1.34. The van der Waals surface area contributed by atoms with E-state index in [4.69, 9.17) is 4.74 Å². The zero-order valence-corrected chi connectivity index (χ0v) is 20.4. The van der Waals surface area contributed by atoms with Gasteiger partial charge in [0.15, 0.2) is 5.78 Å². The molecule has 5 heteroatoms. The van der Waals surface area contributed by atoms with Crippen molar-refractivity contribution in [3.05, 3.63) is 107 Å². The summed E-state index contributed by atoms with van der Waals surface area (Å²) in [6, 6.07) is 27.6. The minimum Gasteiger partial charge on any atom is -0.481 e. The molecule has 4 rings (SSSR count). The van der Waals surface area contributed by atoms with Crippen LogP contribution in [0.2, 0.25) is 0 Å². The number of carboxylic acid groups (broad SMARTS) is 1. The van der Waals surface area contributed by atoms with Crippen LogP contribution in [-0.2, 0) is 14.9 Å². The molecule has 1 saturated heterocycles. The fourth-order valence-electron chi connectivity index (χ4n) is 4.49. The van der Waals surface area contributed by atoms with Gasteiger partial charge < -0.3 is 9.84 Å². The SMILES string of the molecule is CC(C)(C(=O)O)c1ccc(C(=O)CN2CCC(OC(c3ccccc3)c3ccccc3)CC2)cc1. The average molecular weight is 472 g/mol. The summed E-state index contributed by atoms with van der Waals surface area (Å²) in [5.41, 5.74) is 2.60. The van der Waals surface area contributed by atoms with E-state index in [2.05, 4.69) is 29.2 Å². The Morgan fingerprint density at radius 3 is 1.89 bits per heavy atom. The predicted octanol–water partition coefficient (Wildman–Crippen LogP) is 5.50. The molecule has 0 radical (unpaired) electrons. The first kappa shape index (κ1) is 24.8. The van der Waals surface area contributed by atoms with Gasteiger partial charge in [-0.3, -0.25) is 14.5 Å². The largest absolute Gasteiger partial charge is 0.481 e. The number of piperidine rings is 1. The number of carbonyl (C=O) groups excluding carboxylic acids is 1. The van der Waals surface area contributed by atoms with Crippen LogP contribution in [-0.4, -0.2) is 47.5 Å². The van der Waals surface area contributed by atoms with Crippen molar-refractivity contribution >= 4 is 11.8 Å². The molecule has 3 aromatic carbocycles. The van der Waals surface area contributed by atoms with Crippen molar-refractivity contribution in [3.63, 3.8) is 0 Å². The monoisotopic (exact) mass is 471 g/mol. The van der Waals surface area contributed by atoms with E-state index in [1.54, 1.807) is 38.1 Å². The molecule has 182 valence electrons. The maximum atomic E-state index is 12.8. The summed E-state index contributed by atoms with van der Waals surface area (Å²) in [5, 5.41) is 9.41. The summed E-state index contributed by atoms with van der Waals surface area (Å²) < 4.78 is 6.61. The Morgan fingerprint density at radius 2 is 1.40 bits per heavy atom. The smallest absolute Gasteiger partial charge is 0.313 e. The van der Waals surface area contributed by atoms with Crippen LogP contribution in [0.3, 0.4) is 0 Å². The lowest BCUT2D eigenvalue weighted by atomic mass is 9.84. The van der Waals surface area contributed by atoms with Crippen LogP contribution in [0.25, 0.3) is 0 Å². The maximum Gasteiger partial charge on any atom is 0.313 e. The summed E-state index contributed by atoms with van der Waals surface area (Å²) in [6.07, 6.45) is 1.76. The Labute approximate surface area is 207 Å². The second-order valence-electron chi connectivity index (χ2n) is 9.74. The van der Waals surface area contributed by atoms with Crippen molar-refractivity contribution in [2.45, 2.75) is 44.3 Å². The summed E-state index contributed by atoms with van der Waals surface area (Å²) in [6.45, 7) is 5.29. The molecule has 0 bridgehead atoms. The summed E-state index contributed by atoms with van der Waals surface area (Å²) >= 11 is 0. The van der Waals surface area contributed by atoms with Gasteiger partial charge in [-0.2, -0.15) is 0 Å². The molecule has 0 spiro atoms. The molecule has 0 saturated carbocycles. The standard InChI is InChI=1S/C30H33NO4/c1-30(2,29(33)34)25-15-13-22(14-16-25)27(32)21-31-19-17-26(18-20-31)35-28(23-9-5-3-6-10-23)24-11-7-4-8-12-24/h3-16,26,28H,17-21H2,1-2H3,(H,33,34). The molecule has 35 heavy (non-hydrogen) atoms. The van der Waals surface area contributed by atoms with Gasteiger partial charge in [0, 0.05) is 18.7 Å². The van der Waals surface area contributed by atoms with Crippen LogP contribution in [0.1, 0.15) is 59.8 Å². The first-order chi connectivity index (χ1) is 16.8. The van der Waals surface area contributed by atoms with Crippen molar-refractivity contribution in [1.29, 1.82) is 0 Å². The molecule has 3 aromatic rings. The number of nitrogens with zero attached hydrogens (tertiary/aromatic N) is 1. The van der Waals surface area contributed by atoms with Crippen molar-refractivity contribution in [3.8, 4) is 0 Å². The topological polar surface area (TPSA) is 66.8 Å². The highest BCUT2D eigenvalue weighted by Gasteiger charge is 2.30. The molecule has 1 aliphatic heterocycles. The Kier molecular flexibility index (Phi) is 7.79. The van der Waals surface area contributed by atoms with Crippen molar-refractivity contribution in [2.75, 3.05) is 19.6 Å². The first-order valence-corrected chi connectivity index (χ1v) is 12.2. The Bertz CT molecular complexity index is 1080. The van der Waals surface area contributed by atoms with E-state index in [1.165, 1.54) is 0 Å². The van der Waals surface area contributed by atoms with Gasteiger partial charge in [-0.15, -0.1) is 0 Å². The number of carboxylic acids is 1. The van der Waals surface area contributed by atoms with Gasteiger partial charge in [-0.25, -0.2) is 0 Å². The van der Waals surface area contributed by atoms with Crippen LogP contribution in [0.15, 0.2) is 84.9 Å². The molecule has 0 aromatic heterocycles. The second kappa shape index (κ2) is 11.0. The first-order valence-electron chi connectivity index (χ1n) is 12.2. The van der Waals surface area contributed by atoms with E-state index in [9.17, 15) is 14.7 Å². The van der Waals surface area contributed by atoms with E-state index in [1.807, 2.05) is 36.4 Å². The Hall–Kier alpha value is -3.28. The van der Waals surface area contributed by atoms with Crippen molar-refractivity contribution < 1.29 is 19.4 Å². The lowest BCUT2D eigenvalue weighted by molar-refractivity contribution is -0.142. The van der Waals surface area contributed by atoms with Crippen LogP contribution in [0.5, 0.6) is 0 Å². The third-order valence-electron chi connectivity index (χ3n) is 6.90. The number of hydrogen-bond donors (Lipinski definition) is 1. The highest BCUT2D eigenvalue weighted by molar-refractivity contribution is 5.97. The molecular formula is C30H33NO4.